The van der Waals surface area contributed by atoms with Gasteiger partial charge in [0, 0.05) is 0 Å². The Morgan fingerprint density at radius 2 is 1.17 bits per heavy atom. The summed E-state index contributed by atoms with van der Waals surface area (Å²) in [4.78, 5) is 21.6. The van der Waals surface area contributed by atoms with E-state index in [0.717, 1.165) is 0 Å². The molecule has 2 bridgehead atoms. The summed E-state index contributed by atoms with van der Waals surface area (Å²) in [6.07, 6.45) is 0. The third kappa shape index (κ3) is 3.92. The normalized spacial score (nSPS) is 14.2. The molecule has 0 amide bonds. The van der Waals surface area contributed by atoms with Crippen LogP contribution in [0.1, 0.15) is 0 Å². The average Bonchev–Trinajstić information content (AvgIpc) is 2.42. The highest BCUT2D eigenvalue weighted by molar-refractivity contribution is 7.45. The van der Waals surface area contributed by atoms with Gasteiger partial charge in [0.1, 0.15) is 0 Å². The molecule has 12 heteroatoms. The van der Waals surface area contributed by atoms with Crippen LogP contribution in [0.2, 0.25) is 0 Å². The van der Waals surface area contributed by atoms with E-state index in [9.17, 15) is 0 Å². The first-order chi connectivity index (χ1) is 5.45. The second-order valence-electron chi connectivity index (χ2n) is 1.34. The Balaban J connectivity index is 0.000000130. The van der Waals surface area contributed by atoms with Crippen LogP contribution in [0.25, 0.3) is 0 Å². The van der Waals surface area contributed by atoms with Crippen LogP contribution in [0.15, 0.2) is 21.4 Å². The van der Waals surface area contributed by atoms with Crippen LogP contribution in [0.3, 0.4) is 0 Å². The SMILES string of the molecule is O=P(O)(O)O.o1op2oop1o2. The van der Waals surface area contributed by atoms with E-state index in [1.807, 2.05) is 0 Å². The molecule has 2 heterocycles. The molecular weight excluding hydrogens is 237 g/mol. The van der Waals surface area contributed by atoms with Crippen LogP contribution < -0.4 is 0 Å². The monoisotopic (exact) mass is 240 g/mol. The highest BCUT2D eigenvalue weighted by Crippen LogP contribution is 2.40. The standard InChI is InChI=1S/O5P2.H3O4P/c1-2-7-4-3-6(1)5-7;1-5(2,3)4/h;(H3,1,2,3,4). The van der Waals surface area contributed by atoms with Crippen LogP contribution in [-0.2, 0) is 4.57 Å². The summed E-state index contributed by atoms with van der Waals surface area (Å²) >= 11 is 0. The molecule has 2 aromatic heterocycles. The zero-order valence-corrected chi connectivity index (χ0v) is 7.82. The second-order valence-corrected chi connectivity index (χ2v) is 4.51. The lowest BCUT2D eigenvalue weighted by atomic mass is 15.1. The Labute approximate surface area is 65.6 Å². The molecule has 0 aliphatic rings. The van der Waals surface area contributed by atoms with Gasteiger partial charge in [-0.3, -0.25) is 0 Å². The van der Waals surface area contributed by atoms with Gasteiger partial charge in [-0.05, 0) is 0 Å². The Morgan fingerprint density at radius 1 is 0.917 bits per heavy atom. The molecule has 0 saturated carbocycles. The Bertz CT molecular complexity index is 315. The maximum Gasteiger partial charge on any atom is 0.536 e. The highest BCUT2D eigenvalue weighted by Gasteiger charge is 2.05. The van der Waals surface area contributed by atoms with Crippen molar-refractivity contribution in [3.8, 4) is 0 Å². The summed E-state index contributed by atoms with van der Waals surface area (Å²) < 4.78 is 31.1. The van der Waals surface area contributed by atoms with Crippen molar-refractivity contribution in [1.29, 1.82) is 0 Å². The van der Waals surface area contributed by atoms with Crippen molar-refractivity contribution in [2.24, 2.45) is 0 Å². The van der Waals surface area contributed by atoms with Gasteiger partial charge in [0.25, 0.3) is 0 Å². The van der Waals surface area contributed by atoms with E-state index >= 15 is 0 Å². The van der Waals surface area contributed by atoms with E-state index < -0.39 is 23.9 Å². The molecule has 0 aliphatic carbocycles. The third-order valence-electron chi connectivity index (χ3n) is 0.443. The summed E-state index contributed by atoms with van der Waals surface area (Å²) in [6.45, 7) is 0. The maximum atomic E-state index is 8.88. The average molecular weight is 240 g/mol. The summed E-state index contributed by atoms with van der Waals surface area (Å²) in [5, 5.41) is 0. The largest absolute Gasteiger partial charge is 0.536 e. The van der Waals surface area contributed by atoms with Crippen LogP contribution in [0.5, 0.6) is 0 Å². The van der Waals surface area contributed by atoms with E-state index in [1.54, 1.807) is 0 Å². The lowest BCUT2D eigenvalue weighted by Crippen LogP contribution is -1.66. The molecule has 0 atom stereocenters. The molecule has 0 fully saturated rings. The highest BCUT2D eigenvalue weighted by atomic mass is 31.2. The predicted molar refractivity (Wildman–Crippen MR) is 33.5 cm³/mol. The van der Waals surface area contributed by atoms with Crippen LogP contribution >= 0.6 is 23.9 Å². The molecule has 0 aliphatic heterocycles. The maximum absolute atomic E-state index is 8.88. The number of hydrogen-bond donors (Lipinski definition) is 3. The van der Waals surface area contributed by atoms with Gasteiger partial charge in [-0.25, -0.2) is 4.57 Å². The first-order valence-electron chi connectivity index (χ1n) is 2.21. The smallest absolute Gasteiger partial charge is 0.309 e. The molecule has 0 spiro atoms. The number of fused-ring (bicyclic) bond motifs is 2. The van der Waals surface area contributed by atoms with Crippen molar-refractivity contribution in [1.82, 2.24) is 0 Å². The molecule has 0 aromatic carbocycles. The molecule has 9 nitrogen and oxygen atoms in total. The topological polar surface area (TPSA) is 143 Å². The molecule has 12 heavy (non-hydrogen) atoms. The summed E-state index contributed by atoms with van der Waals surface area (Å²) in [5.41, 5.74) is 0. The van der Waals surface area contributed by atoms with Gasteiger partial charge in [0.15, 0.2) is 0 Å². The fourth-order valence-electron chi connectivity index (χ4n) is 0.243. The summed E-state index contributed by atoms with van der Waals surface area (Å²) in [5.74, 6) is 0. The van der Waals surface area contributed by atoms with E-state index in [2.05, 4.69) is 17.4 Å². The Hall–Kier alpha value is -0.290. The summed E-state index contributed by atoms with van der Waals surface area (Å²) in [6, 6.07) is 0. The lowest BCUT2D eigenvalue weighted by Gasteiger charge is -1.82. The minimum atomic E-state index is -4.64. The van der Waals surface area contributed by atoms with Gasteiger partial charge in [-0.1, -0.05) is 0 Å². The zero-order valence-electron chi connectivity index (χ0n) is 5.13. The number of phosphoric acid groups is 1. The van der Waals surface area contributed by atoms with Crippen molar-refractivity contribution < 1.29 is 40.6 Å². The fraction of sp³-hybridized carbons (Fsp3) is 0. The third-order valence-corrected chi connectivity index (χ3v) is 2.53. The van der Waals surface area contributed by atoms with Crippen LogP contribution in [-0.4, -0.2) is 14.7 Å². The molecule has 3 N–H and O–H groups in total. The van der Waals surface area contributed by atoms with Gasteiger partial charge in [0.2, 0.25) is 0 Å². The van der Waals surface area contributed by atoms with Gasteiger partial charge < -0.3 is 18.7 Å². The van der Waals surface area contributed by atoms with Gasteiger partial charge in [-0.15, -0.1) is 0 Å². The summed E-state index contributed by atoms with van der Waals surface area (Å²) in [7, 11) is -7.21. The molecule has 0 unspecified atom stereocenters. The van der Waals surface area contributed by atoms with E-state index in [4.69, 9.17) is 23.2 Å². The number of rotatable bonds is 0. The lowest BCUT2D eigenvalue weighted by molar-refractivity contribution is 0.0693. The quantitative estimate of drug-likeness (QED) is 0.461. The first-order valence-corrected chi connectivity index (χ1v) is 5.97. The molecule has 2 rings (SSSR count). The molecule has 72 valence electrons. The van der Waals surface area contributed by atoms with E-state index in [-0.39, 0.29) is 0 Å². The van der Waals surface area contributed by atoms with E-state index in [0.29, 0.717) is 0 Å². The van der Waals surface area contributed by atoms with Crippen LogP contribution in [0, 0.1) is 0 Å². The molecule has 0 radical (unpaired) electrons. The van der Waals surface area contributed by atoms with Gasteiger partial charge >= 0.3 is 23.9 Å². The molecule has 2 aromatic rings. The first kappa shape index (κ1) is 9.80. The van der Waals surface area contributed by atoms with Crippen molar-refractivity contribution in [3.05, 3.63) is 0 Å². The fourth-order valence-corrected chi connectivity index (χ4v) is 2.03. The Morgan fingerprint density at radius 3 is 1.25 bits per heavy atom. The van der Waals surface area contributed by atoms with Crippen molar-refractivity contribution in [2.45, 2.75) is 0 Å². The molecular formula is H3O9P3. The minimum absolute atomic E-state index is 1.28. The van der Waals surface area contributed by atoms with Crippen LogP contribution in [0.4, 0.5) is 0 Å². The van der Waals surface area contributed by atoms with Crippen molar-refractivity contribution in [3.63, 3.8) is 0 Å². The van der Waals surface area contributed by atoms with Gasteiger partial charge in [0.05, 0.1) is 0 Å². The predicted octanol–water partition coefficient (Wildman–Crippen LogP) is 1.57. The van der Waals surface area contributed by atoms with E-state index in [1.165, 1.54) is 0 Å². The Kier molecular flexibility index (Phi) is 2.95. The van der Waals surface area contributed by atoms with Gasteiger partial charge in [-0.2, -0.15) is 17.4 Å². The zero-order chi connectivity index (χ0) is 9.19. The minimum Gasteiger partial charge on any atom is -0.309 e. The molecule has 0 saturated heterocycles. The van der Waals surface area contributed by atoms with Crippen molar-refractivity contribution >= 4 is 23.9 Å². The van der Waals surface area contributed by atoms with Crippen molar-refractivity contribution in [2.75, 3.05) is 0 Å². The second kappa shape index (κ2) is 3.62. The number of hydrogen-bond acceptors (Lipinski definition) is 6.